The molecule has 2 aliphatic rings. The fraction of sp³-hybridized carbons (Fsp3) is 0.389. The molecule has 1 saturated heterocycles. The summed E-state index contributed by atoms with van der Waals surface area (Å²) in [5.41, 5.74) is 2.35. The van der Waals surface area contributed by atoms with E-state index in [9.17, 15) is 4.79 Å². The van der Waals surface area contributed by atoms with Crippen molar-refractivity contribution in [3.63, 3.8) is 0 Å². The van der Waals surface area contributed by atoms with Crippen LogP contribution in [0.3, 0.4) is 0 Å². The lowest BCUT2D eigenvalue weighted by Crippen LogP contribution is -2.47. The van der Waals surface area contributed by atoms with Crippen LogP contribution in [-0.2, 0) is 6.54 Å². The zero-order chi connectivity index (χ0) is 16.3. The van der Waals surface area contributed by atoms with Gasteiger partial charge >= 0.3 is 0 Å². The van der Waals surface area contributed by atoms with Crippen LogP contribution in [0.1, 0.15) is 23.9 Å². The molecular weight excluding hydrogens is 320 g/mol. The van der Waals surface area contributed by atoms with E-state index >= 15 is 0 Å². The maximum Gasteiger partial charge on any atom is 0.250 e. The number of hydrogen-bond acceptors (Lipinski definition) is 5. The molecule has 2 aliphatic heterocycles. The van der Waals surface area contributed by atoms with Gasteiger partial charge in [-0.15, -0.1) is 11.3 Å². The molecule has 5 rings (SSSR count). The summed E-state index contributed by atoms with van der Waals surface area (Å²) in [7, 11) is 0. The summed E-state index contributed by atoms with van der Waals surface area (Å²) < 4.78 is 3.15. The fourth-order valence-corrected chi connectivity index (χ4v) is 5.09. The normalized spacial score (nSPS) is 22.6. The van der Waals surface area contributed by atoms with E-state index < -0.39 is 0 Å². The molecule has 3 aromatic rings. The molecule has 0 spiro atoms. The maximum atomic E-state index is 12.2. The van der Waals surface area contributed by atoms with Crippen LogP contribution >= 0.6 is 11.3 Å². The summed E-state index contributed by atoms with van der Waals surface area (Å²) in [4.78, 5) is 23.9. The average molecular weight is 338 g/mol. The van der Waals surface area contributed by atoms with E-state index in [0.717, 1.165) is 43.2 Å². The van der Waals surface area contributed by atoms with Crippen LogP contribution in [-0.4, -0.2) is 27.6 Å². The molecule has 1 fully saturated rings. The van der Waals surface area contributed by atoms with Gasteiger partial charge in [-0.25, -0.2) is 9.97 Å². The first-order valence-corrected chi connectivity index (χ1v) is 9.23. The van der Waals surface area contributed by atoms with Crippen LogP contribution in [0.5, 0.6) is 0 Å². The van der Waals surface area contributed by atoms with Crippen molar-refractivity contribution in [3.8, 4) is 0 Å². The van der Waals surface area contributed by atoms with Crippen LogP contribution in [0.15, 0.2) is 34.4 Å². The van der Waals surface area contributed by atoms with Crippen molar-refractivity contribution in [2.24, 2.45) is 5.92 Å². The second-order valence-electron chi connectivity index (χ2n) is 6.83. The summed E-state index contributed by atoms with van der Waals surface area (Å²) in [6.07, 6.45) is 1.16. The van der Waals surface area contributed by atoms with Crippen molar-refractivity contribution < 1.29 is 0 Å². The standard InChI is InChI=1S/C18H18N4OS/c1-11-19-14-5-6-24-17(14)18(20-11)21-8-12-7-13(10-21)15-3-2-4-16(23)22(15)9-12/h2-6,12-13H,7-10H2,1H3/t12-,13+/m0/s1. The number of rotatable bonds is 1. The van der Waals surface area contributed by atoms with Gasteiger partial charge in [-0.1, -0.05) is 6.07 Å². The van der Waals surface area contributed by atoms with E-state index in [0.29, 0.717) is 11.8 Å². The predicted molar refractivity (Wildman–Crippen MR) is 95.9 cm³/mol. The molecule has 6 heteroatoms. The lowest BCUT2D eigenvalue weighted by molar-refractivity contribution is 0.281. The minimum atomic E-state index is 0.133. The average Bonchev–Trinajstić information content (AvgIpc) is 3.03. The Kier molecular flexibility index (Phi) is 3.03. The number of pyridine rings is 1. The van der Waals surface area contributed by atoms with Gasteiger partial charge in [0.1, 0.15) is 11.6 Å². The van der Waals surface area contributed by atoms with Gasteiger partial charge in [-0.3, -0.25) is 4.79 Å². The van der Waals surface area contributed by atoms with Gasteiger partial charge in [0.05, 0.1) is 10.2 Å². The Labute approximate surface area is 143 Å². The van der Waals surface area contributed by atoms with Crippen LogP contribution in [0.4, 0.5) is 5.82 Å². The van der Waals surface area contributed by atoms with Gasteiger partial charge in [-0.05, 0) is 36.8 Å². The number of fused-ring (bicyclic) bond motifs is 5. The highest BCUT2D eigenvalue weighted by molar-refractivity contribution is 7.17. The van der Waals surface area contributed by atoms with E-state index in [2.05, 4.69) is 27.4 Å². The third-order valence-corrected chi connectivity index (χ3v) is 6.08. The molecule has 0 radical (unpaired) electrons. The van der Waals surface area contributed by atoms with E-state index in [1.54, 1.807) is 17.4 Å². The van der Waals surface area contributed by atoms with E-state index in [1.165, 1.54) is 10.4 Å². The van der Waals surface area contributed by atoms with E-state index in [1.807, 2.05) is 17.6 Å². The van der Waals surface area contributed by atoms with Gasteiger partial charge in [0.15, 0.2) is 0 Å². The molecule has 0 N–H and O–H groups in total. The highest BCUT2D eigenvalue weighted by Crippen LogP contribution is 2.38. The molecule has 3 aromatic heterocycles. The third kappa shape index (κ3) is 2.09. The lowest BCUT2D eigenvalue weighted by atomic mass is 9.83. The Bertz CT molecular complexity index is 992. The van der Waals surface area contributed by atoms with Gasteiger partial charge in [-0.2, -0.15) is 0 Å². The zero-order valence-corrected chi connectivity index (χ0v) is 14.3. The highest BCUT2D eigenvalue weighted by Gasteiger charge is 2.35. The van der Waals surface area contributed by atoms with Crippen LogP contribution in [0, 0.1) is 12.8 Å². The fourth-order valence-electron chi connectivity index (χ4n) is 4.24. The number of aromatic nitrogens is 3. The Morgan fingerprint density at radius 3 is 3.00 bits per heavy atom. The Morgan fingerprint density at radius 2 is 2.08 bits per heavy atom. The Balaban J connectivity index is 1.59. The molecule has 0 aromatic carbocycles. The summed E-state index contributed by atoms with van der Waals surface area (Å²) in [5, 5.41) is 2.09. The van der Waals surface area contributed by atoms with Crippen LogP contribution in [0.25, 0.3) is 10.2 Å². The van der Waals surface area contributed by atoms with Gasteiger partial charge in [0, 0.05) is 37.3 Å². The summed E-state index contributed by atoms with van der Waals surface area (Å²) in [6.45, 7) is 4.66. The lowest BCUT2D eigenvalue weighted by Gasteiger charge is -2.43. The van der Waals surface area contributed by atoms with Crippen molar-refractivity contribution in [2.45, 2.75) is 25.8 Å². The first-order valence-electron chi connectivity index (χ1n) is 8.35. The van der Waals surface area contributed by atoms with Gasteiger partial charge in [0.25, 0.3) is 5.56 Å². The first-order chi connectivity index (χ1) is 11.7. The molecule has 0 aliphatic carbocycles. The minimum absolute atomic E-state index is 0.133. The monoisotopic (exact) mass is 338 g/mol. The molecular formula is C18H18N4OS. The number of thiophene rings is 1. The zero-order valence-electron chi connectivity index (χ0n) is 13.5. The topological polar surface area (TPSA) is 51.0 Å². The molecule has 0 unspecified atom stereocenters. The van der Waals surface area contributed by atoms with E-state index in [-0.39, 0.29) is 5.56 Å². The Morgan fingerprint density at radius 1 is 1.17 bits per heavy atom. The number of anilines is 1. The molecule has 5 nitrogen and oxygen atoms in total. The summed E-state index contributed by atoms with van der Waals surface area (Å²) >= 11 is 1.71. The van der Waals surface area contributed by atoms with Crippen molar-refractivity contribution in [1.29, 1.82) is 0 Å². The van der Waals surface area contributed by atoms with Gasteiger partial charge < -0.3 is 9.47 Å². The smallest absolute Gasteiger partial charge is 0.250 e. The molecule has 2 atom stereocenters. The van der Waals surface area contributed by atoms with Crippen molar-refractivity contribution in [3.05, 3.63) is 51.5 Å². The first kappa shape index (κ1) is 14.2. The van der Waals surface area contributed by atoms with Crippen LogP contribution < -0.4 is 10.5 Å². The molecule has 24 heavy (non-hydrogen) atoms. The van der Waals surface area contributed by atoms with Crippen molar-refractivity contribution in [1.82, 2.24) is 14.5 Å². The summed E-state index contributed by atoms with van der Waals surface area (Å²) in [5.74, 6) is 2.79. The molecule has 0 amide bonds. The maximum absolute atomic E-state index is 12.2. The number of hydrogen-bond donors (Lipinski definition) is 0. The van der Waals surface area contributed by atoms with E-state index in [4.69, 9.17) is 4.98 Å². The molecule has 2 bridgehead atoms. The SMILES string of the molecule is Cc1nc(N2C[C@@H]3C[C@H](C2)c2cccc(=O)n2C3)c2sccc2n1. The molecule has 5 heterocycles. The summed E-state index contributed by atoms with van der Waals surface area (Å²) in [6, 6.07) is 7.74. The predicted octanol–water partition coefficient (Wildman–Crippen LogP) is 2.79. The van der Waals surface area contributed by atoms with Gasteiger partial charge in [0.2, 0.25) is 0 Å². The second kappa shape index (κ2) is 5.14. The number of piperidine rings is 1. The molecule has 122 valence electrons. The number of nitrogens with zero attached hydrogens (tertiary/aromatic N) is 4. The van der Waals surface area contributed by atoms with Crippen molar-refractivity contribution in [2.75, 3.05) is 18.0 Å². The third-order valence-electron chi connectivity index (χ3n) is 5.18. The van der Waals surface area contributed by atoms with Crippen molar-refractivity contribution >= 4 is 27.4 Å². The largest absolute Gasteiger partial charge is 0.354 e. The quantitative estimate of drug-likeness (QED) is 0.685. The molecule has 0 saturated carbocycles. The van der Waals surface area contributed by atoms with Crippen LogP contribution in [0.2, 0.25) is 0 Å². The second-order valence-corrected chi connectivity index (χ2v) is 7.75. The Hall–Kier alpha value is -2.21. The minimum Gasteiger partial charge on any atom is -0.354 e. The number of aryl methyl sites for hydroxylation is 1. The highest BCUT2D eigenvalue weighted by atomic mass is 32.1.